The van der Waals surface area contributed by atoms with E-state index in [2.05, 4.69) is 15.4 Å². The van der Waals surface area contributed by atoms with Crippen LogP contribution >= 0.6 is 11.6 Å². The molecule has 2 aromatic heterocycles. The molecule has 3 aromatic rings. The number of phenolic OH excluding ortho intramolecular Hbond substituents is 1. The summed E-state index contributed by atoms with van der Waals surface area (Å²) in [5.74, 6) is -0.864. The summed E-state index contributed by atoms with van der Waals surface area (Å²) < 4.78 is 20.0. The van der Waals surface area contributed by atoms with Crippen molar-refractivity contribution < 1.29 is 19.0 Å². The monoisotopic (exact) mass is 378 g/mol. The molecular formula is C17H16ClFN4O3. The predicted molar refractivity (Wildman–Crippen MR) is 94.1 cm³/mol. The molecule has 3 rings (SSSR count). The summed E-state index contributed by atoms with van der Waals surface area (Å²) in [5.41, 5.74) is 0.845. The van der Waals surface area contributed by atoms with Crippen LogP contribution in [0.15, 0.2) is 30.6 Å². The minimum atomic E-state index is -0.555. The number of anilines is 1. The molecule has 0 bridgehead atoms. The number of carbonyl (C=O) groups excluding carboxylic acids is 1. The van der Waals surface area contributed by atoms with E-state index in [1.807, 2.05) is 0 Å². The molecule has 0 saturated carbocycles. The van der Waals surface area contributed by atoms with Gasteiger partial charge >= 0.3 is 5.97 Å². The summed E-state index contributed by atoms with van der Waals surface area (Å²) >= 11 is 5.82. The Morgan fingerprint density at radius 1 is 1.50 bits per heavy atom. The van der Waals surface area contributed by atoms with Crippen molar-refractivity contribution >= 4 is 29.0 Å². The summed E-state index contributed by atoms with van der Waals surface area (Å²) in [6.45, 7) is 3.67. The van der Waals surface area contributed by atoms with Crippen molar-refractivity contribution in [1.82, 2.24) is 14.6 Å². The summed E-state index contributed by atoms with van der Waals surface area (Å²) in [6, 6.07) is 3.38. The normalized spacial score (nSPS) is 12.2. The molecule has 0 aliphatic heterocycles. The van der Waals surface area contributed by atoms with Gasteiger partial charge in [-0.15, -0.1) is 0 Å². The second-order valence-corrected chi connectivity index (χ2v) is 5.96. The minimum absolute atomic E-state index is 0.0718. The van der Waals surface area contributed by atoms with E-state index in [1.54, 1.807) is 26.1 Å². The van der Waals surface area contributed by atoms with Crippen molar-refractivity contribution in [3.05, 3.63) is 52.6 Å². The number of nitrogens with one attached hydrogen (secondary N) is 1. The lowest BCUT2D eigenvalue weighted by molar-refractivity contribution is 0.0528. The molecule has 2 N–H and O–H groups in total. The van der Waals surface area contributed by atoms with E-state index >= 15 is 0 Å². The third kappa shape index (κ3) is 3.41. The molecule has 1 aromatic carbocycles. The number of fused-ring (bicyclic) bond motifs is 1. The smallest absolute Gasteiger partial charge is 0.343 e. The zero-order chi connectivity index (χ0) is 18.8. The fraction of sp³-hybridized carbons (Fsp3) is 0.235. The summed E-state index contributed by atoms with van der Waals surface area (Å²) in [5, 5.41) is 17.1. The van der Waals surface area contributed by atoms with Crippen molar-refractivity contribution in [1.29, 1.82) is 0 Å². The van der Waals surface area contributed by atoms with Gasteiger partial charge in [0.15, 0.2) is 5.65 Å². The highest BCUT2D eigenvalue weighted by atomic mass is 35.5. The lowest BCUT2D eigenvalue weighted by atomic mass is 10.1. The van der Waals surface area contributed by atoms with E-state index in [1.165, 1.54) is 16.8 Å². The molecule has 136 valence electrons. The largest absolute Gasteiger partial charge is 0.506 e. The van der Waals surface area contributed by atoms with Crippen LogP contribution in [0, 0.1) is 5.82 Å². The highest BCUT2D eigenvalue weighted by molar-refractivity contribution is 6.32. The molecule has 0 aliphatic carbocycles. The number of aromatic hydroxyl groups is 1. The number of rotatable bonds is 5. The molecule has 0 radical (unpaired) electrons. The molecule has 0 spiro atoms. The molecule has 0 unspecified atom stereocenters. The molecule has 0 saturated heterocycles. The minimum Gasteiger partial charge on any atom is -0.506 e. The van der Waals surface area contributed by atoms with Gasteiger partial charge < -0.3 is 15.2 Å². The Kier molecular flexibility index (Phi) is 4.94. The van der Waals surface area contributed by atoms with Gasteiger partial charge in [-0.2, -0.15) is 5.10 Å². The highest BCUT2D eigenvalue weighted by Gasteiger charge is 2.18. The molecule has 0 aliphatic rings. The van der Waals surface area contributed by atoms with E-state index in [-0.39, 0.29) is 28.5 Å². The van der Waals surface area contributed by atoms with Crippen LogP contribution in [-0.2, 0) is 4.74 Å². The molecule has 7 nitrogen and oxygen atoms in total. The Morgan fingerprint density at radius 3 is 3.00 bits per heavy atom. The molecule has 1 atom stereocenters. The van der Waals surface area contributed by atoms with E-state index in [0.717, 1.165) is 6.07 Å². The Hall–Kier alpha value is -2.87. The highest BCUT2D eigenvalue weighted by Crippen LogP contribution is 2.33. The number of aromatic nitrogens is 3. The van der Waals surface area contributed by atoms with Gasteiger partial charge in [-0.05, 0) is 32.0 Å². The average Bonchev–Trinajstić information content (AvgIpc) is 3.01. The second kappa shape index (κ2) is 7.17. The van der Waals surface area contributed by atoms with Gasteiger partial charge in [0.25, 0.3) is 0 Å². The Balaban J connectivity index is 1.91. The maximum atomic E-state index is 13.6. The van der Waals surface area contributed by atoms with Crippen LogP contribution in [0.3, 0.4) is 0 Å². The molecular weight excluding hydrogens is 363 g/mol. The van der Waals surface area contributed by atoms with Crippen molar-refractivity contribution in [2.24, 2.45) is 0 Å². The van der Waals surface area contributed by atoms with Gasteiger partial charge in [0.2, 0.25) is 0 Å². The molecule has 26 heavy (non-hydrogen) atoms. The first-order valence-electron chi connectivity index (χ1n) is 7.86. The Bertz CT molecular complexity index is 976. The van der Waals surface area contributed by atoms with Crippen LogP contribution in [0.4, 0.5) is 10.2 Å². The number of benzene rings is 1. The number of ether oxygens (including phenoxy) is 1. The predicted octanol–water partition coefficient (Wildman–Crippen LogP) is 3.58. The van der Waals surface area contributed by atoms with Crippen LogP contribution < -0.4 is 5.32 Å². The van der Waals surface area contributed by atoms with Crippen molar-refractivity contribution in [3.8, 4) is 5.75 Å². The van der Waals surface area contributed by atoms with Crippen molar-refractivity contribution in [2.75, 3.05) is 11.9 Å². The van der Waals surface area contributed by atoms with E-state index in [9.17, 15) is 14.3 Å². The number of hydrogen-bond acceptors (Lipinski definition) is 6. The zero-order valence-corrected chi connectivity index (χ0v) is 14.8. The quantitative estimate of drug-likeness (QED) is 0.660. The van der Waals surface area contributed by atoms with Crippen LogP contribution in [0.1, 0.15) is 35.8 Å². The van der Waals surface area contributed by atoms with Gasteiger partial charge in [-0.3, -0.25) is 0 Å². The van der Waals surface area contributed by atoms with E-state index < -0.39 is 17.8 Å². The summed E-state index contributed by atoms with van der Waals surface area (Å²) in [6.07, 6.45) is 3.00. The van der Waals surface area contributed by atoms with Gasteiger partial charge in [0.05, 0.1) is 23.9 Å². The van der Waals surface area contributed by atoms with Crippen molar-refractivity contribution in [2.45, 2.75) is 19.9 Å². The number of hydrogen-bond donors (Lipinski definition) is 2. The van der Waals surface area contributed by atoms with E-state index in [4.69, 9.17) is 16.3 Å². The van der Waals surface area contributed by atoms with Crippen LogP contribution in [0.5, 0.6) is 5.75 Å². The molecule has 9 heteroatoms. The number of phenols is 1. The second-order valence-electron chi connectivity index (χ2n) is 5.55. The standard InChI is InChI=1S/C17H16ClFN4O3/c1-3-26-17(25)12-8-20-23-5-4-14(22-16(12)23)21-9(2)11-6-10(19)7-13(18)15(11)24/h4-9,24H,3H2,1-2H3,(H,21,22)/t9-/m1/s1. The number of nitrogens with zero attached hydrogens (tertiary/aromatic N) is 3. The molecule has 0 amide bonds. The number of halogens is 2. The first-order valence-corrected chi connectivity index (χ1v) is 8.24. The number of esters is 1. The molecule has 0 fully saturated rings. The Labute approximate surface area is 153 Å². The van der Waals surface area contributed by atoms with Gasteiger partial charge in [0, 0.05) is 11.8 Å². The van der Waals surface area contributed by atoms with Gasteiger partial charge in [0.1, 0.15) is 22.9 Å². The number of carbonyl (C=O) groups is 1. The van der Waals surface area contributed by atoms with Crippen molar-refractivity contribution in [3.63, 3.8) is 0 Å². The third-order valence-corrected chi connectivity index (χ3v) is 4.04. The first kappa shape index (κ1) is 17.9. The average molecular weight is 379 g/mol. The fourth-order valence-corrected chi connectivity index (χ4v) is 2.73. The third-order valence-electron chi connectivity index (χ3n) is 3.75. The fourth-order valence-electron chi connectivity index (χ4n) is 2.52. The van der Waals surface area contributed by atoms with Crippen LogP contribution in [0.2, 0.25) is 5.02 Å². The van der Waals surface area contributed by atoms with Crippen LogP contribution in [0.25, 0.3) is 5.65 Å². The maximum absolute atomic E-state index is 13.6. The van der Waals surface area contributed by atoms with E-state index in [0.29, 0.717) is 11.5 Å². The van der Waals surface area contributed by atoms with Gasteiger partial charge in [-0.1, -0.05) is 11.6 Å². The lowest BCUT2D eigenvalue weighted by Crippen LogP contribution is -2.10. The molecule has 2 heterocycles. The van der Waals surface area contributed by atoms with Crippen LogP contribution in [-0.4, -0.2) is 32.3 Å². The topological polar surface area (TPSA) is 88.8 Å². The zero-order valence-electron chi connectivity index (χ0n) is 14.0. The van der Waals surface area contributed by atoms with Gasteiger partial charge in [-0.25, -0.2) is 18.7 Å². The summed E-state index contributed by atoms with van der Waals surface area (Å²) in [4.78, 5) is 16.3. The first-order chi connectivity index (χ1) is 12.4. The SMILES string of the molecule is CCOC(=O)c1cnn2ccc(N[C@H](C)c3cc(F)cc(Cl)c3O)nc12. The maximum Gasteiger partial charge on any atom is 0.343 e. The lowest BCUT2D eigenvalue weighted by Gasteiger charge is -2.17. The Morgan fingerprint density at radius 2 is 2.27 bits per heavy atom. The summed E-state index contributed by atoms with van der Waals surface area (Å²) in [7, 11) is 0.